The summed E-state index contributed by atoms with van der Waals surface area (Å²) >= 11 is 0. The molecule has 1 atom stereocenters. The minimum Gasteiger partial charge on any atom is -0.427 e. The quantitative estimate of drug-likeness (QED) is 0.722. The zero-order valence-corrected chi connectivity index (χ0v) is 9.17. The summed E-state index contributed by atoms with van der Waals surface area (Å²) in [5, 5.41) is 8.94. The molecule has 0 amide bonds. The van der Waals surface area contributed by atoms with Crippen molar-refractivity contribution >= 4 is 5.90 Å². The fourth-order valence-corrected chi connectivity index (χ4v) is 1.50. The molecule has 1 aromatic heterocycles. The Morgan fingerprint density at radius 1 is 1.41 bits per heavy atom. The fraction of sp³-hybridized carbons (Fsp3) is 0.375. The van der Waals surface area contributed by atoms with Crippen LogP contribution in [0, 0.1) is 6.92 Å². The van der Waals surface area contributed by atoms with Crippen molar-refractivity contribution in [3.05, 3.63) is 24.2 Å². The summed E-state index contributed by atoms with van der Waals surface area (Å²) in [7, 11) is 0. The molecular weight excluding hydrogens is 228 g/mol. The normalized spacial score (nSPS) is 27.1. The Labute approximate surface area is 96.0 Å². The number of hydrogen-bond acceptors (Lipinski definition) is 9. The van der Waals surface area contributed by atoms with Gasteiger partial charge in [-0.2, -0.15) is 4.98 Å². The first-order valence-corrected chi connectivity index (χ1v) is 4.90. The Morgan fingerprint density at radius 2 is 2.29 bits per heavy atom. The lowest BCUT2D eigenvalue weighted by Crippen LogP contribution is -2.56. The van der Waals surface area contributed by atoms with Crippen molar-refractivity contribution < 1.29 is 14.1 Å². The molecule has 0 spiro atoms. The summed E-state index contributed by atoms with van der Waals surface area (Å²) in [5.74, 6) is -0.194. The molecule has 2 aliphatic rings. The third-order valence-electron chi connectivity index (χ3n) is 2.19. The van der Waals surface area contributed by atoms with Crippen molar-refractivity contribution in [3.8, 4) is 0 Å². The van der Waals surface area contributed by atoms with Gasteiger partial charge in [-0.3, -0.25) is 5.43 Å². The zero-order chi connectivity index (χ0) is 11.9. The van der Waals surface area contributed by atoms with Gasteiger partial charge in [0.15, 0.2) is 5.82 Å². The number of nitrogens with one attached hydrogen (secondary N) is 2. The molecule has 9 nitrogen and oxygen atoms in total. The molecule has 3 rings (SSSR count). The van der Waals surface area contributed by atoms with E-state index in [1.165, 1.54) is 11.4 Å². The second kappa shape index (κ2) is 3.35. The van der Waals surface area contributed by atoms with Crippen LogP contribution in [0.15, 0.2) is 22.1 Å². The maximum absolute atomic E-state index is 5.57. The van der Waals surface area contributed by atoms with E-state index in [9.17, 15) is 0 Å². The Hall–Kier alpha value is -2.29. The lowest BCUT2D eigenvalue weighted by Gasteiger charge is -2.30. The Bertz CT molecular complexity index is 489. The van der Waals surface area contributed by atoms with Crippen LogP contribution < -0.4 is 10.9 Å². The number of hydrogen-bond donors (Lipinski definition) is 2. The van der Waals surface area contributed by atoms with E-state index in [4.69, 9.17) is 14.1 Å². The summed E-state index contributed by atoms with van der Waals surface area (Å²) in [4.78, 5) is 9.32. The third kappa shape index (κ3) is 1.40. The first-order chi connectivity index (χ1) is 8.21. The highest BCUT2D eigenvalue weighted by Crippen LogP contribution is 2.30. The molecule has 1 unspecified atom stereocenters. The van der Waals surface area contributed by atoms with E-state index in [-0.39, 0.29) is 5.89 Å². The van der Waals surface area contributed by atoms with E-state index in [2.05, 4.69) is 26.1 Å². The molecule has 2 N–H and O–H groups in total. The largest absolute Gasteiger partial charge is 0.427 e. The molecule has 0 aliphatic carbocycles. The molecule has 0 saturated carbocycles. The molecule has 17 heavy (non-hydrogen) atoms. The Morgan fingerprint density at radius 3 is 2.82 bits per heavy atom. The Kier molecular flexibility index (Phi) is 1.95. The highest BCUT2D eigenvalue weighted by molar-refractivity contribution is 5.74. The molecular formula is C8H10N6O3. The molecule has 90 valence electrons. The molecule has 3 heterocycles. The van der Waals surface area contributed by atoms with Gasteiger partial charge in [0.25, 0.3) is 0 Å². The standard InChI is InChI=1S/C8H10N6O3/c1-5-10-7(17-12-5)8(13-11-6(2)16-8)14-9-3-4-15-14/h3-4,9,13H,1-2H3. The molecule has 0 bridgehead atoms. The van der Waals surface area contributed by atoms with E-state index >= 15 is 0 Å². The number of hydrazine groups is 1. The third-order valence-corrected chi connectivity index (χ3v) is 2.19. The van der Waals surface area contributed by atoms with Gasteiger partial charge >= 0.3 is 11.7 Å². The van der Waals surface area contributed by atoms with Crippen molar-refractivity contribution in [1.29, 1.82) is 0 Å². The van der Waals surface area contributed by atoms with E-state index in [0.29, 0.717) is 11.7 Å². The summed E-state index contributed by atoms with van der Waals surface area (Å²) < 4.78 is 10.7. The van der Waals surface area contributed by atoms with Crippen LogP contribution >= 0.6 is 0 Å². The van der Waals surface area contributed by atoms with E-state index < -0.39 is 5.85 Å². The number of aromatic nitrogens is 2. The van der Waals surface area contributed by atoms with Crippen molar-refractivity contribution in [2.75, 3.05) is 0 Å². The molecule has 0 aromatic carbocycles. The highest BCUT2D eigenvalue weighted by atomic mass is 16.8. The van der Waals surface area contributed by atoms with Crippen LogP contribution in [-0.4, -0.2) is 21.2 Å². The SMILES string of the molecule is CC1=NNC(c2nc(C)no2)(N2NC=CO2)O1. The topological polar surface area (TPSA) is 97.0 Å². The maximum Gasteiger partial charge on any atom is 0.388 e. The van der Waals surface area contributed by atoms with E-state index in [1.807, 2.05) is 0 Å². The van der Waals surface area contributed by atoms with Crippen molar-refractivity contribution in [1.82, 2.24) is 26.2 Å². The first-order valence-electron chi connectivity index (χ1n) is 4.90. The summed E-state index contributed by atoms with van der Waals surface area (Å²) in [6.07, 6.45) is 3.04. The lowest BCUT2D eigenvalue weighted by atomic mass is 10.4. The van der Waals surface area contributed by atoms with Gasteiger partial charge in [-0.15, -0.1) is 5.10 Å². The average molecular weight is 238 g/mol. The van der Waals surface area contributed by atoms with Crippen LogP contribution in [0.5, 0.6) is 0 Å². The van der Waals surface area contributed by atoms with Gasteiger partial charge in [-0.05, 0) is 6.92 Å². The highest BCUT2D eigenvalue weighted by Gasteiger charge is 2.53. The van der Waals surface area contributed by atoms with Gasteiger partial charge < -0.3 is 14.1 Å². The predicted octanol–water partition coefficient (Wildman–Crippen LogP) is -0.335. The number of hydroxylamine groups is 1. The Balaban J connectivity index is 1.97. The first kappa shape index (κ1) is 9.90. The summed E-state index contributed by atoms with van der Waals surface area (Å²) in [6, 6.07) is 0. The van der Waals surface area contributed by atoms with E-state index in [1.54, 1.807) is 20.0 Å². The van der Waals surface area contributed by atoms with Crippen LogP contribution in [0.2, 0.25) is 0 Å². The average Bonchev–Trinajstić information content (AvgIpc) is 2.97. The van der Waals surface area contributed by atoms with Gasteiger partial charge in [0, 0.05) is 12.1 Å². The minimum absolute atomic E-state index is 0.187. The summed E-state index contributed by atoms with van der Waals surface area (Å²) in [6.45, 7) is 3.40. The number of ether oxygens (including phenoxy) is 1. The number of rotatable bonds is 2. The molecule has 1 aromatic rings. The second-order valence-electron chi connectivity index (χ2n) is 3.47. The van der Waals surface area contributed by atoms with Crippen LogP contribution in [0.1, 0.15) is 18.6 Å². The lowest BCUT2D eigenvalue weighted by molar-refractivity contribution is -0.291. The number of aryl methyl sites for hydroxylation is 1. The van der Waals surface area contributed by atoms with Crippen molar-refractivity contribution in [2.45, 2.75) is 19.7 Å². The monoisotopic (exact) mass is 238 g/mol. The number of hydrazone groups is 1. The summed E-state index contributed by atoms with van der Waals surface area (Å²) in [5.41, 5.74) is 5.57. The molecule has 0 fully saturated rings. The van der Waals surface area contributed by atoms with Gasteiger partial charge in [0.2, 0.25) is 5.90 Å². The zero-order valence-electron chi connectivity index (χ0n) is 9.17. The van der Waals surface area contributed by atoms with Gasteiger partial charge in [0.1, 0.15) is 6.26 Å². The van der Waals surface area contributed by atoms with Gasteiger partial charge in [-0.25, -0.2) is 5.43 Å². The van der Waals surface area contributed by atoms with Crippen molar-refractivity contribution in [2.24, 2.45) is 5.10 Å². The smallest absolute Gasteiger partial charge is 0.388 e. The van der Waals surface area contributed by atoms with Gasteiger partial charge in [-0.1, -0.05) is 5.16 Å². The van der Waals surface area contributed by atoms with Crippen LogP contribution in [0.4, 0.5) is 0 Å². The second-order valence-corrected chi connectivity index (χ2v) is 3.47. The molecule has 0 saturated heterocycles. The maximum atomic E-state index is 5.57. The number of nitrogens with zero attached hydrogens (tertiary/aromatic N) is 4. The molecule has 0 radical (unpaired) electrons. The van der Waals surface area contributed by atoms with Gasteiger partial charge in [0.05, 0.1) is 6.20 Å². The van der Waals surface area contributed by atoms with Crippen LogP contribution in [0.25, 0.3) is 0 Å². The minimum atomic E-state index is -1.30. The molecule has 2 aliphatic heterocycles. The van der Waals surface area contributed by atoms with Crippen molar-refractivity contribution in [3.63, 3.8) is 0 Å². The van der Waals surface area contributed by atoms with E-state index in [0.717, 1.165) is 0 Å². The molecule has 9 heteroatoms. The van der Waals surface area contributed by atoms with Crippen LogP contribution in [-0.2, 0) is 15.4 Å². The predicted molar refractivity (Wildman–Crippen MR) is 53.2 cm³/mol. The van der Waals surface area contributed by atoms with Crippen LogP contribution in [0.3, 0.4) is 0 Å². The fourth-order valence-electron chi connectivity index (χ4n) is 1.50.